The molecule has 1 heterocycles. The topological polar surface area (TPSA) is 58.6 Å². The van der Waals surface area contributed by atoms with Gasteiger partial charge in [-0.1, -0.05) is 6.92 Å². The lowest BCUT2D eigenvalue weighted by Gasteiger charge is -2.23. The molecule has 1 aliphatic heterocycles. The Kier molecular flexibility index (Phi) is 6.59. The van der Waals surface area contributed by atoms with Crippen molar-refractivity contribution in [1.29, 1.82) is 0 Å². The number of benzene rings is 1. The maximum atomic E-state index is 12.2. The molecule has 1 amide bonds. The smallest absolute Gasteiger partial charge is 0.223 e. The molecule has 0 radical (unpaired) electrons. The Hall–Kier alpha value is -1.88. The molecule has 1 atom stereocenters. The van der Waals surface area contributed by atoms with Crippen molar-refractivity contribution in [2.24, 2.45) is 0 Å². The van der Waals surface area contributed by atoms with Crippen LogP contribution in [-0.2, 0) is 4.79 Å². The Balaban J connectivity index is 1.80. The summed E-state index contributed by atoms with van der Waals surface area (Å²) in [6.07, 6.45) is 2.45. The molecule has 0 bridgehead atoms. The average molecular weight is 318 g/mol. The molecule has 1 fully saturated rings. The minimum Gasteiger partial charge on any atom is -0.494 e. The van der Waals surface area contributed by atoms with Gasteiger partial charge in [0.15, 0.2) is 5.78 Å². The van der Waals surface area contributed by atoms with E-state index in [9.17, 15) is 9.59 Å². The molecule has 2 rings (SSSR count). The van der Waals surface area contributed by atoms with Crippen LogP contribution in [0.1, 0.15) is 43.0 Å². The highest BCUT2D eigenvalue weighted by Gasteiger charge is 2.23. The van der Waals surface area contributed by atoms with E-state index in [1.807, 2.05) is 14.0 Å². The minimum absolute atomic E-state index is 0.00154. The van der Waals surface area contributed by atoms with Crippen molar-refractivity contribution in [2.75, 3.05) is 26.7 Å². The van der Waals surface area contributed by atoms with E-state index in [0.29, 0.717) is 12.2 Å². The second-order valence-electron chi connectivity index (χ2n) is 5.95. The number of amides is 1. The van der Waals surface area contributed by atoms with E-state index < -0.39 is 0 Å². The summed E-state index contributed by atoms with van der Waals surface area (Å²) in [4.78, 5) is 26.1. The summed E-state index contributed by atoms with van der Waals surface area (Å²) in [6, 6.07) is 7.40. The van der Waals surface area contributed by atoms with Crippen molar-refractivity contribution in [3.8, 4) is 5.75 Å². The van der Waals surface area contributed by atoms with Gasteiger partial charge in [0.2, 0.25) is 5.91 Å². The van der Waals surface area contributed by atoms with Crippen LogP contribution in [0.25, 0.3) is 0 Å². The number of ketones is 1. The molecule has 1 aromatic rings. The molecule has 0 spiro atoms. The van der Waals surface area contributed by atoms with Crippen molar-refractivity contribution < 1.29 is 14.3 Å². The number of likely N-dealkylation sites (N-methyl/N-ethyl adjacent to an activating group) is 1. The van der Waals surface area contributed by atoms with Gasteiger partial charge in [0.25, 0.3) is 0 Å². The van der Waals surface area contributed by atoms with Crippen LogP contribution in [0.4, 0.5) is 0 Å². The summed E-state index contributed by atoms with van der Waals surface area (Å²) in [6.45, 7) is 4.51. The second kappa shape index (κ2) is 8.67. The fourth-order valence-electron chi connectivity index (χ4n) is 2.67. The molecule has 0 aliphatic carbocycles. The summed E-state index contributed by atoms with van der Waals surface area (Å²) < 4.78 is 5.50. The molecule has 0 saturated carbocycles. The number of ether oxygens (including phenoxy) is 1. The minimum atomic E-state index is -0.00154. The Bertz CT molecular complexity index is 522. The normalized spacial score (nSPS) is 17.0. The lowest BCUT2D eigenvalue weighted by molar-refractivity contribution is -0.131. The highest BCUT2D eigenvalue weighted by molar-refractivity contribution is 5.98. The fourth-order valence-corrected chi connectivity index (χ4v) is 2.67. The number of nitrogens with one attached hydrogen (secondary N) is 1. The van der Waals surface area contributed by atoms with Gasteiger partial charge in [-0.25, -0.2) is 0 Å². The highest BCUT2D eigenvalue weighted by Crippen LogP contribution is 2.15. The zero-order valence-electron chi connectivity index (χ0n) is 14.0. The first-order chi connectivity index (χ1) is 11.1. The predicted octanol–water partition coefficient (Wildman–Crippen LogP) is 2.26. The average Bonchev–Trinajstić information content (AvgIpc) is 3.11. The van der Waals surface area contributed by atoms with Gasteiger partial charge >= 0.3 is 0 Å². The number of carbonyl (C=O) groups is 2. The molecule has 23 heavy (non-hydrogen) atoms. The lowest BCUT2D eigenvalue weighted by atomic mass is 10.1. The zero-order valence-corrected chi connectivity index (χ0v) is 14.0. The monoisotopic (exact) mass is 318 g/mol. The zero-order chi connectivity index (χ0) is 16.7. The maximum Gasteiger partial charge on any atom is 0.223 e. The van der Waals surface area contributed by atoms with Crippen LogP contribution in [0.2, 0.25) is 0 Å². The predicted molar refractivity (Wildman–Crippen MR) is 89.8 cm³/mol. The van der Waals surface area contributed by atoms with Crippen LogP contribution in [0.15, 0.2) is 24.3 Å². The summed E-state index contributed by atoms with van der Waals surface area (Å²) in [5.74, 6) is 0.807. The number of carbonyl (C=O) groups excluding carboxylic acids is 2. The Morgan fingerprint density at radius 1 is 1.26 bits per heavy atom. The fraction of sp³-hybridized carbons (Fsp3) is 0.556. The third-order valence-electron chi connectivity index (χ3n) is 4.19. The first-order valence-electron chi connectivity index (χ1n) is 8.34. The number of nitrogens with zero attached hydrogens (tertiary/aromatic N) is 1. The number of Topliss-reactive ketones (excluding diaryl/α,β-unsaturated/α-hetero) is 1. The van der Waals surface area contributed by atoms with Gasteiger partial charge in [0.05, 0.1) is 6.61 Å². The molecule has 5 heteroatoms. The molecule has 5 nitrogen and oxygen atoms in total. The summed E-state index contributed by atoms with van der Waals surface area (Å²) in [5.41, 5.74) is 0.631. The van der Waals surface area contributed by atoms with Gasteiger partial charge < -0.3 is 15.0 Å². The van der Waals surface area contributed by atoms with Gasteiger partial charge in [-0.2, -0.15) is 0 Å². The van der Waals surface area contributed by atoms with Crippen molar-refractivity contribution in [3.63, 3.8) is 0 Å². The van der Waals surface area contributed by atoms with Gasteiger partial charge in [0.1, 0.15) is 5.75 Å². The Labute approximate surface area is 138 Å². The standard InChI is InChI=1S/C18H26N2O3/c1-3-12-23-16-6-4-14(5-7-16)17(21)8-9-18(22)20(2)15-10-11-19-13-15/h4-7,15,19H,3,8-13H2,1-2H3. The number of hydrogen-bond acceptors (Lipinski definition) is 4. The largest absolute Gasteiger partial charge is 0.494 e. The van der Waals surface area contributed by atoms with E-state index in [4.69, 9.17) is 4.74 Å². The van der Waals surface area contributed by atoms with E-state index in [-0.39, 0.29) is 30.6 Å². The molecule has 1 N–H and O–H groups in total. The van der Waals surface area contributed by atoms with Gasteiger partial charge in [-0.3, -0.25) is 9.59 Å². The van der Waals surface area contributed by atoms with E-state index in [1.54, 1.807) is 29.2 Å². The lowest BCUT2D eigenvalue weighted by Crippen LogP contribution is -2.38. The van der Waals surface area contributed by atoms with Crippen LogP contribution in [-0.4, -0.2) is 49.4 Å². The van der Waals surface area contributed by atoms with Crippen LogP contribution < -0.4 is 10.1 Å². The molecular weight excluding hydrogens is 292 g/mol. The number of rotatable bonds is 8. The van der Waals surface area contributed by atoms with Crippen LogP contribution in [0, 0.1) is 0 Å². The Morgan fingerprint density at radius 3 is 2.61 bits per heavy atom. The summed E-state index contributed by atoms with van der Waals surface area (Å²) >= 11 is 0. The Morgan fingerprint density at radius 2 is 2.00 bits per heavy atom. The molecular formula is C18H26N2O3. The van der Waals surface area contributed by atoms with E-state index in [1.165, 1.54) is 0 Å². The van der Waals surface area contributed by atoms with E-state index in [0.717, 1.165) is 31.7 Å². The van der Waals surface area contributed by atoms with E-state index >= 15 is 0 Å². The quantitative estimate of drug-likeness (QED) is 0.747. The van der Waals surface area contributed by atoms with Gasteiger partial charge in [0, 0.05) is 38.0 Å². The first kappa shape index (κ1) is 17.5. The molecule has 1 unspecified atom stereocenters. The molecule has 1 saturated heterocycles. The third-order valence-corrected chi connectivity index (χ3v) is 4.19. The summed E-state index contributed by atoms with van der Waals surface area (Å²) in [5, 5.41) is 3.25. The number of hydrogen-bond donors (Lipinski definition) is 1. The molecule has 1 aromatic carbocycles. The van der Waals surface area contributed by atoms with Gasteiger partial charge in [-0.05, 0) is 43.7 Å². The summed E-state index contributed by atoms with van der Waals surface area (Å²) in [7, 11) is 1.82. The third kappa shape index (κ3) is 5.06. The molecule has 126 valence electrons. The van der Waals surface area contributed by atoms with Crippen molar-refractivity contribution in [2.45, 2.75) is 38.6 Å². The van der Waals surface area contributed by atoms with E-state index in [2.05, 4.69) is 5.32 Å². The van der Waals surface area contributed by atoms with Crippen molar-refractivity contribution in [3.05, 3.63) is 29.8 Å². The van der Waals surface area contributed by atoms with Crippen molar-refractivity contribution >= 4 is 11.7 Å². The highest BCUT2D eigenvalue weighted by atomic mass is 16.5. The SMILES string of the molecule is CCCOc1ccc(C(=O)CCC(=O)N(C)C2CCNC2)cc1. The molecule has 0 aromatic heterocycles. The second-order valence-corrected chi connectivity index (χ2v) is 5.95. The first-order valence-corrected chi connectivity index (χ1v) is 8.34. The van der Waals surface area contributed by atoms with Gasteiger partial charge in [-0.15, -0.1) is 0 Å². The van der Waals surface area contributed by atoms with Crippen LogP contribution in [0.5, 0.6) is 5.75 Å². The molecule has 1 aliphatic rings. The maximum absolute atomic E-state index is 12.2. The van der Waals surface area contributed by atoms with Crippen molar-refractivity contribution in [1.82, 2.24) is 10.2 Å². The van der Waals surface area contributed by atoms with Crippen LogP contribution >= 0.6 is 0 Å². The van der Waals surface area contributed by atoms with Crippen LogP contribution in [0.3, 0.4) is 0 Å².